The molecule has 0 spiro atoms. The molecule has 3 rings (SSSR count). The molecule has 26 heavy (non-hydrogen) atoms. The first-order valence-electron chi connectivity index (χ1n) is 8.69. The van der Waals surface area contributed by atoms with Crippen LogP contribution in [0.25, 0.3) is 0 Å². The topological polar surface area (TPSA) is 35.8 Å². The van der Waals surface area contributed by atoms with Crippen LogP contribution >= 0.6 is 0 Å². The highest BCUT2D eigenvalue weighted by Gasteiger charge is 2.03. The number of ether oxygens (including phenoxy) is 2. The molecular formula is C22H24N2O2. The molecule has 4 heteroatoms. The van der Waals surface area contributed by atoms with Crippen LogP contribution in [0.4, 0.5) is 5.69 Å². The minimum Gasteiger partial charge on any atom is -0.497 e. The number of benzene rings is 2. The molecule has 0 aliphatic rings. The van der Waals surface area contributed by atoms with Crippen molar-refractivity contribution in [1.29, 1.82) is 0 Å². The van der Waals surface area contributed by atoms with Crippen molar-refractivity contribution in [3.63, 3.8) is 0 Å². The van der Waals surface area contributed by atoms with Crippen LogP contribution < -0.4 is 9.47 Å². The van der Waals surface area contributed by atoms with Crippen molar-refractivity contribution in [3.8, 4) is 17.2 Å². The summed E-state index contributed by atoms with van der Waals surface area (Å²) in [6.07, 6.45) is 4.02. The second kappa shape index (κ2) is 7.91. The Balaban J connectivity index is 1.66. The lowest BCUT2D eigenvalue weighted by Gasteiger charge is -2.08. The number of hydrogen-bond donors (Lipinski definition) is 0. The summed E-state index contributed by atoms with van der Waals surface area (Å²) in [6.45, 7) is 6.47. The lowest BCUT2D eigenvalue weighted by atomic mass is 10.3. The van der Waals surface area contributed by atoms with E-state index in [-0.39, 0.29) is 0 Å². The van der Waals surface area contributed by atoms with Crippen LogP contribution in [0, 0.1) is 6.92 Å². The molecule has 0 amide bonds. The van der Waals surface area contributed by atoms with Gasteiger partial charge in [-0.1, -0.05) is 0 Å². The van der Waals surface area contributed by atoms with Crippen LogP contribution in [-0.2, 0) is 0 Å². The third-order valence-corrected chi connectivity index (χ3v) is 4.12. The highest BCUT2D eigenvalue weighted by Crippen LogP contribution is 2.25. The van der Waals surface area contributed by atoms with Crippen molar-refractivity contribution in [3.05, 3.63) is 72.1 Å². The van der Waals surface area contributed by atoms with E-state index in [9.17, 15) is 0 Å². The minimum absolute atomic E-state index is 0.450. The van der Waals surface area contributed by atoms with Crippen molar-refractivity contribution in [2.45, 2.75) is 26.8 Å². The Kier molecular flexibility index (Phi) is 5.42. The van der Waals surface area contributed by atoms with Crippen LogP contribution in [-0.4, -0.2) is 17.9 Å². The van der Waals surface area contributed by atoms with E-state index in [0.29, 0.717) is 6.04 Å². The number of nitrogens with zero attached hydrogens (tertiary/aromatic N) is 2. The molecule has 0 aliphatic heterocycles. The van der Waals surface area contributed by atoms with Gasteiger partial charge in [0, 0.05) is 29.7 Å². The van der Waals surface area contributed by atoms with Crippen LogP contribution in [0.5, 0.6) is 17.2 Å². The molecule has 0 aliphatic carbocycles. The van der Waals surface area contributed by atoms with Crippen LogP contribution in [0.2, 0.25) is 0 Å². The van der Waals surface area contributed by atoms with Gasteiger partial charge in [0.1, 0.15) is 17.2 Å². The standard InChI is InChI=1S/C22H24N2O2/c1-16(2)24-15-18(13-17(24)3)14-23-19-5-7-21(8-6-19)26-22-11-9-20(25-4)10-12-22/h5-16H,1-4H3. The van der Waals surface area contributed by atoms with Crippen LogP contribution in [0.1, 0.15) is 31.1 Å². The van der Waals surface area contributed by atoms with Crippen molar-refractivity contribution >= 4 is 11.9 Å². The molecule has 1 aromatic heterocycles. The number of methoxy groups -OCH3 is 1. The van der Waals surface area contributed by atoms with Gasteiger partial charge in [-0.3, -0.25) is 4.99 Å². The molecular weight excluding hydrogens is 324 g/mol. The Hall–Kier alpha value is -3.01. The monoisotopic (exact) mass is 348 g/mol. The van der Waals surface area contributed by atoms with Crippen molar-refractivity contribution in [1.82, 2.24) is 4.57 Å². The summed E-state index contributed by atoms with van der Waals surface area (Å²) < 4.78 is 13.2. The molecule has 0 atom stereocenters. The van der Waals surface area contributed by atoms with Gasteiger partial charge < -0.3 is 14.0 Å². The fraction of sp³-hybridized carbons (Fsp3) is 0.227. The molecule has 0 bridgehead atoms. The van der Waals surface area contributed by atoms with Crippen molar-refractivity contribution in [2.75, 3.05) is 7.11 Å². The van der Waals surface area contributed by atoms with E-state index in [1.807, 2.05) is 54.7 Å². The number of aliphatic imine (C=N–C) groups is 1. The molecule has 1 heterocycles. The lowest BCUT2D eigenvalue weighted by molar-refractivity contribution is 0.413. The Bertz CT molecular complexity index is 876. The van der Waals surface area contributed by atoms with Gasteiger partial charge in [-0.25, -0.2) is 0 Å². The molecule has 2 aromatic carbocycles. The van der Waals surface area contributed by atoms with E-state index in [1.165, 1.54) is 5.69 Å². The number of rotatable bonds is 6. The number of hydrogen-bond acceptors (Lipinski definition) is 3. The van der Waals surface area contributed by atoms with E-state index in [2.05, 4.69) is 42.6 Å². The second-order valence-corrected chi connectivity index (χ2v) is 6.45. The van der Waals surface area contributed by atoms with Gasteiger partial charge >= 0.3 is 0 Å². The normalized spacial score (nSPS) is 11.3. The SMILES string of the molecule is COc1ccc(Oc2ccc(N=Cc3cc(C)n(C(C)C)c3)cc2)cc1. The molecule has 3 aromatic rings. The first kappa shape index (κ1) is 17.8. The summed E-state index contributed by atoms with van der Waals surface area (Å²) >= 11 is 0. The molecule has 134 valence electrons. The van der Waals surface area contributed by atoms with Gasteiger partial charge in [0.25, 0.3) is 0 Å². The highest BCUT2D eigenvalue weighted by atomic mass is 16.5. The van der Waals surface area contributed by atoms with Crippen LogP contribution in [0.15, 0.2) is 65.8 Å². The summed E-state index contributed by atoms with van der Waals surface area (Å²) in [7, 11) is 1.65. The summed E-state index contributed by atoms with van der Waals surface area (Å²) in [6, 6.07) is 17.8. The van der Waals surface area contributed by atoms with Gasteiger partial charge in [0.2, 0.25) is 0 Å². The van der Waals surface area contributed by atoms with E-state index in [4.69, 9.17) is 9.47 Å². The average molecular weight is 348 g/mol. The Morgan fingerprint density at radius 2 is 1.50 bits per heavy atom. The first-order valence-corrected chi connectivity index (χ1v) is 8.69. The zero-order chi connectivity index (χ0) is 18.5. The fourth-order valence-corrected chi connectivity index (χ4v) is 2.77. The van der Waals surface area contributed by atoms with E-state index < -0.39 is 0 Å². The zero-order valence-electron chi connectivity index (χ0n) is 15.6. The van der Waals surface area contributed by atoms with E-state index in [1.54, 1.807) is 7.11 Å². The largest absolute Gasteiger partial charge is 0.497 e. The molecule has 0 saturated heterocycles. The quantitative estimate of drug-likeness (QED) is 0.518. The average Bonchev–Trinajstić information content (AvgIpc) is 3.03. The van der Waals surface area contributed by atoms with Crippen molar-refractivity contribution in [2.24, 2.45) is 4.99 Å². The molecule has 0 fully saturated rings. The molecule has 0 saturated carbocycles. The third kappa shape index (κ3) is 4.33. The Labute approximate surface area is 154 Å². The Morgan fingerprint density at radius 1 is 0.923 bits per heavy atom. The third-order valence-electron chi connectivity index (χ3n) is 4.12. The van der Waals surface area contributed by atoms with E-state index in [0.717, 1.165) is 28.5 Å². The summed E-state index contributed by atoms with van der Waals surface area (Å²) in [5.41, 5.74) is 3.24. The number of aryl methyl sites for hydroxylation is 1. The van der Waals surface area contributed by atoms with Crippen LogP contribution in [0.3, 0.4) is 0 Å². The van der Waals surface area contributed by atoms with Crippen molar-refractivity contribution < 1.29 is 9.47 Å². The predicted molar refractivity (Wildman–Crippen MR) is 106 cm³/mol. The fourth-order valence-electron chi connectivity index (χ4n) is 2.77. The highest BCUT2D eigenvalue weighted by molar-refractivity contribution is 5.82. The smallest absolute Gasteiger partial charge is 0.127 e. The summed E-state index contributed by atoms with van der Waals surface area (Å²) in [4.78, 5) is 4.55. The van der Waals surface area contributed by atoms with E-state index >= 15 is 0 Å². The molecule has 4 nitrogen and oxygen atoms in total. The van der Waals surface area contributed by atoms with Gasteiger partial charge in [0.05, 0.1) is 12.8 Å². The summed E-state index contributed by atoms with van der Waals surface area (Å²) in [5.74, 6) is 2.35. The minimum atomic E-state index is 0.450. The van der Waals surface area contributed by atoms with Gasteiger partial charge in [-0.05, 0) is 75.4 Å². The maximum Gasteiger partial charge on any atom is 0.127 e. The van der Waals surface area contributed by atoms with Gasteiger partial charge in [-0.2, -0.15) is 0 Å². The molecule has 0 N–H and O–H groups in total. The maximum atomic E-state index is 5.83. The van der Waals surface area contributed by atoms with Gasteiger partial charge in [-0.15, -0.1) is 0 Å². The molecule has 0 unspecified atom stereocenters. The Morgan fingerprint density at radius 3 is 2.04 bits per heavy atom. The maximum absolute atomic E-state index is 5.83. The first-order chi connectivity index (χ1) is 12.5. The van der Waals surface area contributed by atoms with Gasteiger partial charge in [0.15, 0.2) is 0 Å². The number of aromatic nitrogens is 1. The lowest BCUT2D eigenvalue weighted by Crippen LogP contribution is -2.00. The summed E-state index contributed by atoms with van der Waals surface area (Å²) in [5, 5.41) is 0. The predicted octanol–water partition coefficient (Wildman–Crippen LogP) is 5.93. The molecule has 0 radical (unpaired) electrons. The second-order valence-electron chi connectivity index (χ2n) is 6.45. The zero-order valence-corrected chi connectivity index (χ0v) is 15.6.